The van der Waals surface area contributed by atoms with Gasteiger partial charge in [-0.25, -0.2) is 4.79 Å². The van der Waals surface area contributed by atoms with Gasteiger partial charge in [0.05, 0.1) is 17.9 Å². The summed E-state index contributed by atoms with van der Waals surface area (Å²) in [4.78, 5) is 12.1. The Morgan fingerprint density at radius 2 is 2.08 bits per heavy atom. The Labute approximate surface area is 161 Å². The van der Waals surface area contributed by atoms with Crippen molar-refractivity contribution in [2.24, 2.45) is 0 Å². The van der Waals surface area contributed by atoms with Gasteiger partial charge in [0.15, 0.2) is 0 Å². The van der Waals surface area contributed by atoms with Crippen LogP contribution < -0.4 is 0 Å². The van der Waals surface area contributed by atoms with Gasteiger partial charge in [-0.15, -0.1) is 21.5 Å². The highest BCUT2D eigenvalue weighted by Gasteiger charge is 2.18. The number of esters is 1. The van der Waals surface area contributed by atoms with Crippen LogP contribution >= 0.6 is 34.7 Å². The number of benzene rings is 1. The monoisotopic (exact) mass is 406 g/mol. The standard InChI is InChI=1S/C17H11ClN2O4S2/c1-22-16(21)11-7-6-9(23-11)8-25-17-20-19-15(24-17)14-13(18)10-4-2-3-5-12(10)26-14/h2-7H,8H2,1H3. The fourth-order valence-corrected chi connectivity index (χ4v) is 4.40. The summed E-state index contributed by atoms with van der Waals surface area (Å²) in [6, 6.07) is 11.1. The average molecular weight is 407 g/mol. The molecule has 0 amide bonds. The van der Waals surface area contributed by atoms with E-state index in [0.29, 0.717) is 27.6 Å². The Kier molecular flexibility index (Phi) is 4.71. The summed E-state index contributed by atoms with van der Waals surface area (Å²) in [5.41, 5.74) is 0. The zero-order valence-corrected chi connectivity index (χ0v) is 15.8. The van der Waals surface area contributed by atoms with Crippen molar-refractivity contribution >= 4 is 50.8 Å². The van der Waals surface area contributed by atoms with Gasteiger partial charge in [-0.05, 0) is 18.2 Å². The maximum absolute atomic E-state index is 11.4. The number of furan rings is 1. The second-order valence-corrected chi connectivity index (χ2v) is 7.52. The topological polar surface area (TPSA) is 78.4 Å². The molecule has 6 nitrogen and oxygen atoms in total. The van der Waals surface area contributed by atoms with Crippen LogP contribution in [0.2, 0.25) is 5.02 Å². The molecule has 3 aromatic heterocycles. The minimum atomic E-state index is -0.513. The molecule has 0 aliphatic carbocycles. The summed E-state index contributed by atoms with van der Waals surface area (Å²) in [5.74, 6) is 1.08. The van der Waals surface area contributed by atoms with Crippen LogP contribution in [0.15, 0.2) is 50.5 Å². The van der Waals surface area contributed by atoms with Gasteiger partial charge in [0.25, 0.3) is 11.1 Å². The zero-order valence-electron chi connectivity index (χ0n) is 13.4. The van der Waals surface area contributed by atoms with Crippen molar-refractivity contribution in [3.8, 4) is 10.8 Å². The normalized spacial score (nSPS) is 11.2. The first kappa shape index (κ1) is 17.1. The zero-order chi connectivity index (χ0) is 18.1. The number of hydrogen-bond donors (Lipinski definition) is 0. The number of nitrogens with zero attached hydrogens (tertiary/aromatic N) is 2. The van der Waals surface area contributed by atoms with Crippen molar-refractivity contribution in [3.63, 3.8) is 0 Å². The first-order valence-electron chi connectivity index (χ1n) is 7.46. The Morgan fingerprint density at radius 3 is 2.88 bits per heavy atom. The maximum Gasteiger partial charge on any atom is 0.373 e. The quantitative estimate of drug-likeness (QED) is 0.329. The number of fused-ring (bicyclic) bond motifs is 1. The number of hydrogen-bond acceptors (Lipinski definition) is 8. The Balaban J connectivity index is 1.50. The van der Waals surface area contributed by atoms with Crippen molar-refractivity contribution in [1.29, 1.82) is 0 Å². The van der Waals surface area contributed by atoms with Crippen LogP contribution in [0.1, 0.15) is 16.3 Å². The molecule has 132 valence electrons. The summed E-state index contributed by atoms with van der Waals surface area (Å²) >= 11 is 9.25. The number of thiophene rings is 1. The molecule has 0 radical (unpaired) electrons. The summed E-state index contributed by atoms with van der Waals surface area (Å²) in [7, 11) is 1.30. The van der Waals surface area contributed by atoms with E-state index in [-0.39, 0.29) is 5.76 Å². The minimum Gasteiger partial charge on any atom is -0.463 e. The average Bonchev–Trinajstić information content (AvgIpc) is 3.38. The number of rotatable bonds is 5. The number of methoxy groups -OCH3 is 1. The van der Waals surface area contributed by atoms with Crippen molar-refractivity contribution in [3.05, 3.63) is 52.9 Å². The van der Waals surface area contributed by atoms with E-state index in [4.69, 9.17) is 20.4 Å². The highest BCUT2D eigenvalue weighted by Crippen LogP contribution is 2.41. The van der Waals surface area contributed by atoms with Gasteiger partial charge in [0.2, 0.25) is 5.76 Å². The highest BCUT2D eigenvalue weighted by atomic mass is 35.5. The van der Waals surface area contributed by atoms with Crippen LogP contribution in [-0.4, -0.2) is 23.3 Å². The fourth-order valence-electron chi connectivity index (χ4n) is 2.31. The molecular weight excluding hydrogens is 396 g/mol. The molecule has 0 aliphatic heterocycles. The number of carbonyl (C=O) groups excluding carboxylic acids is 1. The molecule has 1 aromatic carbocycles. The SMILES string of the molecule is COC(=O)c1ccc(CSc2nnc(-c3sc4ccccc4c3Cl)o2)o1. The van der Waals surface area contributed by atoms with Gasteiger partial charge >= 0.3 is 5.97 Å². The van der Waals surface area contributed by atoms with Crippen LogP contribution in [0.25, 0.3) is 20.9 Å². The fraction of sp³-hybridized carbons (Fsp3) is 0.118. The van der Waals surface area contributed by atoms with E-state index < -0.39 is 5.97 Å². The van der Waals surface area contributed by atoms with Crippen molar-refractivity contribution in [2.75, 3.05) is 7.11 Å². The van der Waals surface area contributed by atoms with Crippen molar-refractivity contribution < 1.29 is 18.4 Å². The van der Waals surface area contributed by atoms with E-state index in [2.05, 4.69) is 14.9 Å². The molecule has 0 fully saturated rings. The van der Waals surface area contributed by atoms with Gasteiger partial charge in [-0.1, -0.05) is 41.6 Å². The first-order chi connectivity index (χ1) is 12.7. The highest BCUT2D eigenvalue weighted by molar-refractivity contribution is 7.98. The Bertz CT molecular complexity index is 1090. The van der Waals surface area contributed by atoms with Crippen LogP contribution in [0.3, 0.4) is 0 Å². The van der Waals surface area contributed by atoms with Crippen LogP contribution in [0.5, 0.6) is 0 Å². The second kappa shape index (κ2) is 7.14. The lowest BCUT2D eigenvalue weighted by Gasteiger charge is -1.94. The molecule has 9 heteroatoms. The molecule has 0 saturated heterocycles. The third kappa shape index (κ3) is 3.23. The molecular formula is C17H11ClN2O4S2. The molecule has 0 aliphatic rings. The first-order valence-corrected chi connectivity index (χ1v) is 9.64. The summed E-state index contributed by atoms with van der Waals surface area (Å²) in [6.45, 7) is 0. The van der Waals surface area contributed by atoms with Crippen LogP contribution in [0.4, 0.5) is 0 Å². The molecule has 0 bridgehead atoms. The minimum absolute atomic E-state index is 0.159. The van der Waals surface area contributed by atoms with E-state index in [1.54, 1.807) is 12.1 Å². The Morgan fingerprint density at radius 1 is 1.23 bits per heavy atom. The third-order valence-electron chi connectivity index (χ3n) is 3.52. The third-order valence-corrected chi connectivity index (χ3v) is 6.03. The van der Waals surface area contributed by atoms with Crippen molar-refractivity contribution in [1.82, 2.24) is 10.2 Å². The number of aromatic nitrogens is 2. The molecule has 3 heterocycles. The molecule has 0 saturated carbocycles. The van der Waals surface area contributed by atoms with Gasteiger partial charge in [0.1, 0.15) is 10.6 Å². The smallest absolute Gasteiger partial charge is 0.373 e. The van der Waals surface area contributed by atoms with Crippen molar-refractivity contribution in [2.45, 2.75) is 11.0 Å². The van der Waals surface area contributed by atoms with E-state index >= 15 is 0 Å². The number of carbonyl (C=O) groups is 1. The Hall–Kier alpha value is -2.29. The predicted octanol–water partition coefficient (Wildman–Crippen LogP) is 5.28. The molecule has 4 rings (SSSR count). The molecule has 0 N–H and O–H groups in total. The lowest BCUT2D eigenvalue weighted by atomic mass is 10.2. The van der Waals surface area contributed by atoms with Crippen LogP contribution in [-0.2, 0) is 10.5 Å². The molecule has 0 atom stereocenters. The number of thioether (sulfide) groups is 1. The van der Waals surface area contributed by atoms with E-state index in [0.717, 1.165) is 15.0 Å². The van der Waals surface area contributed by atoms with E-state index in [1.165, 1.54) is 30.2 Å². The lowest BCUT2D eigenvalue weighted by molar-refractivity contribution is 0.0563. The van der Waals surface area contributed by atoms with Gasteiger partial charge in [-0.3, -0.25) is 0 Å². The second-order valence-electron chi connectivity index (χ2n) is 5.16. The summed E-state index contributed by atoms with van der Waals surface area (Å²) in [5, 5.41) is 10.1. The van der Waals surface area contributed by atoms with E-state index in [9.17, 15) is 4.79 Å². The van der Waals surface area contributed by atoms with Gasteiger partial charge in [0, 0.05) is 10.1 Å². The molecule has 0 unspecified atom stereocenters. The van der Waals surface area contributed by atoms with E-state index in [1.807, 2.05) is 24.3 Å². The number of halogens is 1. The number of ether oxygens (including phenoxy) is 1. The van der Waals surface area contributed by atoms with Gasteiger partial charge < -0.3 is 13.6 Å². The predicted molar refractivity (Wildman–Crippen MR) is 99.7 cm³/mol. The van der Waals surface area contributed by atoms with Crippen LogP contribution in [0, 0.1) is 0 Å². The summed E-state index contributed by atoms with van der Waals surface area (Å²) in [6.07, 6.45) is 0. The largest absolute Gasteiger partial charge is 0.463 e. The lowest BCUT2D eigenvalue weighted by Crippen LogP contribution is -1.98. The maximum atomic E-state index is 11.4. The molecule has 26 heavy (non-hydrogen) atoms. The summed E-state index contributed by atoms with van der Waals surface area (Å²) < 4.78 is 16.8. The molecule has 4 aromatic rings. The molecule has 0 spiro atoms. The van der Waals surface area contributed by atoms with Gasteiger partial charge in [-0.2, -0.15) is 0 Å².